The molecule has 0 bridgehead atoms. The Labute approximate surface area is 62.8 Å². The lowest BCUT2D eigenvalue weighted by molar-refractivity contribution is 0.00996. The minimum absolute atomic E-state index is 0.517. The van der Waals surface area contributed by atoms with Crippen LogP contribution in [0.3, 0.4) is 0 Å². The molecule has 1 heterocycles. The molecule has 2 N–H and O–H groups in total. The number of aliphatic hydroxyl groups excluding tert-OH is 2. The van der Waals surface area contributed by atoms with Gasteiger partial charge in [-0.2, -0.15) is 5.26 Å². The topological polar surface area (TPSA) is 73.5 Å². The summed E-state index contributed by atoms with van der Waals surface area (Å²) in [5, 5.41) is 25.7. The predicted molar refractivity (Wildman–Crippen MR) is 32.3 cm³/mol. The molecule has 11 heavy (non-hydrogen) atoms. The summed E-state index contributed by atoms with van der Waals surface area (Å²) in [4.78, 5) is 0. The Morgan fingerprint density at radius 1 is 1.64 bits per heavy atom. The highest BCUT2D eigenvalue weighted by molar-refractivity contribution is 5.01. The van der Waals surface area contributed by atoms with Gasteiger partial charge in [0.05, 0.1) is 12.7 Å². The maximum atomic E-state index is 12.7. The highest BCUT2D eigenvalue weighted by Gasteiger charge is 2.43. The molecule has 0 aliphatic carbocycles. The molecule has 1 aliphatic rings. The van der Waals surface area contributed by atoms with Gasteiger partial charge in [0.1, 0.15) is 12.2 Å². The lowest BCUT2D eigenvalue weighted by Crippen LogP contribution is -2.29. The molecule has 1 rings (SSSR count). The van der Waals surface area contributed by atoms with Crippen molar-refractivity contribution in [2.45, 2.75) is 24.5 Å². The molecule has 5 heteroatoms. The Balaban J connectivity index is 2.62. The first-order chi connectivity index (χ1) is 5.20. The van der Waals surface area contributed by atoms with Gasteiger partial charge in [-0.25, -0.2) is 4.39 Å². The van der Waals surface area contributed by atoms with E-state index in [-0.39, 0.29) is 0 Å². The number of alkyl halides is 1. The standard InChI is InChI=1S/C6H8FNO3/c7-5-4(2-9)11-3(1-8)6(5)10/h3-6,9-10H,2H2/t3-,4+,5+,6-/m0/s1. The second-order valence-corrected chi connectivity index (χ2v) is 2.34. The van der Waals surface area contributed by atoms with Crippen LogP contribution in [0.5, 0.6) is 0 Å². The molecule has 0 amide bonds. The molecule has 0 saturated carbocycles. The second kappa shape index (κ2) is 3.13. The number of hydrogen-bond acceptors (Lipinski definition) is 4. The molecule has 1 saturated heterocycles. The molecule has 4 atom stereocenters. The lowest BCUT2D eigenvalue weighted by Gasteiger charge is -2.07. The Morgan fingerprint density at radius 3 is 2.55 bits per heavy atom. The summed E-state index contributed by atoms with van der Waals surface area (Å²) in [5.74, 6) is 0. The largest absolute Gasteiger partial charge is 0.394 e. The van der Waals surface area contributed by atoms with Crippen molar-refractivity contribution in [1.29, 1.82) is 5.26 Å². The fourth-order valence-electron chi connectivity index (χ4n) is 0.981. The molecular formula is C6H8FNO3. The average Bonchev–Trinajstić information content (AvgIpc) is 2.30. The van der Waals surface area contributed by atoms with Crippen molar-refractivity contribution in [1.82, 2.24) is 0 Å². The summed E-state index contributed by atoms with van der Waals surface area (Å²) in [6.07, 6.45) is -5.31. The van der Waals surface area contributed by atoms with Crippen molar-refractivity contribution in [3.63, 3.8) is 0 Å². The molecule has 0 unspecified atom stereocenters. The third-order valence-corrected chi connectivity index (χ3v) is 1.62. The van der Waals surface area contributed by atoms with E-state index in [0.29, 0.717) is 0 Å². The average molecular weight is 161 g/mol. The van der Waals surface area contributed by atoms with E-state index in [1.54, 1.807) is 6.07 Å². The lowest BCUT2D eigenvalue weighted by atomic mass is 10.1. The van der Waals surface area contributed by atoms with Crippen molar-refractivity contribution >= 4 is 0 Å². The fourth-order valence-corrected chi connectivity index (χ4v) is 0.981. The van der Waals surface area contributed by atoms with Gasteiger partial charge in [-0.1, -0.05) is 0 Å². The van der Waals surface area contributed by atoms with E-state index in [0.717, 1.165) is 0 Å². The smallest absolute Gasteiger partial charge is 0.173 e. The second-order valence-electron chi connectivity index (χ2n) is 2.34. The molecule has 0 aromatic heterocycles. The summed E-state index contributed by atoms with van der Waals surface area (Å²) < 4.78 is 17.4. The SMILES string of the molecule is N#C[C@@H]1O[C@H](CO)[C@@H](F)[C@H]1O. The van der Waals surface area contributed by atoms with E-state index in [1.165, 1.54) is 0 Å². The molecule has 1 aliphatic heterocycles. The number of ether oxygens (including phenoxy) is 1. The third-order valence-electron chi connectivity index (χ3n) is 1.62. The van der Waals surface area contributed by atoms with Gasteiger partial charge in [0.15, 0.2) is 12.3 Å². The zero-order chi connectivity index (χ0) is 8.43. The van der Waals surface area contributed by atoms with Gasteiger partial charge in [0.2, 0.25) is 0 Å². The Bertz CT molecular complexity index is 181. The monoisotopic (exact) mass is 161 g/mol. The van der Waals surface area contributed by atoms with Crippen molar-refractivity contribution in [3.05, 3.63) is 0 Å². The molecule has 0 spiro atoms. The van der Waals surface area contributed by atoms with Gasteiger partial charge in [-0.05, 0) is 0 Å². The Hall–Kier alpha value is -0.700. The highest BCUT2D eigenvalue weighted by Crippen LogP contribution is 2.22. The number of hydrogen-bond donors (Lipinski definition) is 2. The van der Waals surface area contributed by atoms with E-state index < -0.39 is 31.1 Å². The van der Waals surface area contributed by atoms with E-state index in [1.807, 2.05) is 0 Å². The van der Waals surface area contributed by atoms with Crippen LogP contribution >= 0.6 is 0 Å². The number of nitrogens with zero attached hydrogens (tertiary/aromatic N) is 1. The Kier molecular flexibility index (Phi) is 2.39. The number of aliphatic hydroxyl groups is 2. The van der Waals surface area contributed by atoms with Crippen LogP contribution in [0.1, 0.15) is 0 Å². The van der Waals surface area contributed by atoms with Gasteiger partial charge in [0, 0.05) is 0 Å². The first-order valence-electron chi connectivity index (χ1n) is 3.18. The van der Waals surface area contributed by atoms with Crippen molar-refractivity contribution < 1.29 is 19.3 Å². The number of halogens is 1. The number of rotatable bonds is 1. The van der Waals surface area contributed by atoms with Crippen molar-refractivity contribution in [2.75, 3.05) is 6.61 Å². The van der Waals surface area contributed by atoms with E-state index in [9.17, 15) is 4.39 Å². The summed E-state index contributed by atoms with van der Waals surface area (Å²) in [7, 11) is 0. The van der Waals surface area contributed by atoms with Gasteiger partial charge >= 0.3 is 0 Å². The van der Waals surface area contributed by atoms with Crippen LogP contribution in [0.25, 0.3) is 0 Å². The quantitative estimate of drug-likeness (QED) is 0.515. The fraction of sp³-hybridized carbons (Fsp3) is 0.833. The zero-order valence-corrected chi connectivity index (χ0v) is 5.64. The van der Waals surface area contributed by atoms with Gasteiger partial charge in [-0.3, -0.25) is 0 Å². The first kappa shape index (κ1) is 8.40. The third kappa shape index (κ3) is 1.33. The Morgan fingerprint density at radius 2 is 2.27 bits per heavy atom. The summed E-state index contributed by atoms with van der Waals surface area (Å²) in [5.41, 5.74) is 0. The van der Waals surface area contributed by atoms with E-state index in [2.05, 4.69) is 4.74 Å². The molecular weight excluding hydrogens is 153 g/mol. The molecule has 0 aromatic carbocycles. The van der Waals surface area contributed by atoms with Gasteiger partial charge < -0.3 is 14.9 Å². The normalized spacial score (nSPS) is 43.8. The number of nitriles is 1. The van der Waals surface area contributed by atoms with Crippen LogP contribution < -0.4 is 0 Å². The van der Waals surface area contributed by atoms with Crippen LogP contribution in [0, 0.1) is 11.3 Å². The minimum atomic E-state index is -1.66. The first-order valence-corrected chi connectivity index (χ1v) is 3.18. The van der Waals surface area contributed by atoms with Crippen LogP contribution in [0.15, 0.2) is 0 Å². The molecule has 62 valence electrons. The van der Waals surface area contributed by atoms with Crippen molar-refractivity contribution in [3.8, 4) is 6.07 Å². The van der Waals surface area contributed by atoms with Crippen molar-refractivity contribution in [2.24, 2.45) is 0 Å². The predicted octanol–water partition coefficient (Wildman–Crippen LogP) is -1.03. The van der Waals surface area contributed by atoms with E-state index >= 15 is 0 Å². The van der Waals surface area contributed by atoms with Crippen LogP contribution in [-0.4, -0.2) is 41.3 Å². The summed E-state index contributed by atoms with van der Waals surface area (Å²) in [6, 6.07) is 1.59. The summed E-state index contributed by atoms with van der Waals surface area (Å²) in [6.45, 7) is -0.517. The molecule has 1 fully saturated rings. The van der Waals surface area contributed by atoms with Gasteiger partial charge in [-0.15, -0.1) is 0 Å². The van der Waals surface area contributed by atoms with Gasteiger partial charge in [0.25, 0.3) is 0 Å². The molecule has 4 nitrogen and oxygen atoms in total. The van der Waals surface area contributed by atoms with E-state index in [4.69, 9.17) is 15.5 Å². The zero-order valence-electron chi connectivity index (χ0n) is 5.64. The minimum Gasteiger partial charge on any atom is -0.394 e. The highest BCUT2D eigenvalue weighted by atomic mass is 19.1. The van der Waals surface area contributed by atoms with Crippen LogP contribution in [0.4, 0.5) is 4.39 Å². The maximum absolute atomic E-state index is 12.7. The van der Waals surface area contributed by atoms with Crippen LogP contribution in [-0.2, 0) is 4.74 Å². The maximum Gasteiger partial charge on any atom is 0.173 e. The summed E-state index contributed by atoms with van der Waals surface area (Å²) >= 11 is 0. The molecule has 0 radical (unpaired) electrons. The molecule has 0 aromatic rings. The van der Waals surface area contributed by atoms with Crippen LogP contribution in [0.2, 0.25) is 0 Å².